The Morgan fingerprint density at radius 3 is 1.97 bits per heavy atom. The van der Waals surface area contributed by atoms with Gasteiger partial charge in [-0.05, 0) is 68.7 Å². The number of benzene rings is 2. The first-order valence-corrected chi connectivity index (χ1v) is 11.6. The second kappa shape index (κ2) is 8.63. The second-order valence-electron chi connectivity index (χ2n) is 9.05. The van der Waals surface area contributed by atoms with Crippen LogP contribution in [0.15, 0.2) is 54.2 Å². The zero-order valence-electron chi connectivity index (χ0n) is 19.0. The van der Waals surface area contributed by atoms with Gasteiger partial charge in [0, 0.05) is 31.9 Å². The van der Waals surface area contributed by atoms with Gasteiger partial charge in [0.15, 0.2) is 0 Å². The van der Waals surface area contributed by atoms with E-state index in [0.717, 1.165) is 18.8 Å². The molecule has 3 heterocycles. The molecule has 0 spiro atoms. The molecule has 2 atom stereocenters. The molecule has 172 valence electrons. The highest BCUT2D eigenvalue weighted by Gasteiger charge is 2.43. The molecule has 2 amide bonds. The number of amides is 2. The first-order valence-electron chi connectivity index (χ1n) is 11.6. The Hall–Kier alpha value is -3.19. The van der Waals surface area contributed by atoms with Crippen molar-refractivity contribution in [3.05, 3.63) is 65.6 Å². The Morgan fingerprint density at radius 1 is 0.788 bits per heavy atom. The number of carbonyl (C=O) groups is 2. The zero-order valence-corrected chi connectivity index (χ0v) is 19.0. The standard InChI is InChI=1S/C26H28FN3O3/c1-17-15-29(16-18(2)33-17)24-23(19-5-7-20(27)8-6-19)25(31)30(26(24)32)22-11-9-21(10-12-22)28-13-3-4-14-28/h5-12,17-18H,3-4,13-16H2,1-2H3. The monoisotopic (exact) mass is 449 g/mol. The van der Waals surface area contributed by atoms with Crippen molar-refractivity contribution in [3.63, 3.8) is 0 Å². The molecule has 2 saturated heterocycles. The Balaban J connectivity index is 1.53. The van der Waals surface area contributed by atoms with E-state index < -0.39 is 0 Å². The summed E-state index contributed by atoms with van der Waals surface area (Å²) in [6, 6.07) is 13.3. The highest BCUT2D eigenvalue weighted by Crippen LogP contribution is 2.36. The summed E-state index contributed by atoms with van der Waals surface area (Å²) < 4.78 is 19.4. The number of ether oxygens (including phenoxy) is 1. The molecule has 7 heteroatoms. The van der Waals surface area contributed by atoms with E-state index in [-0.39, 0.29) is 29.8 Å². The van der Waals surface area contributed by atoms with Crippen LogP contribution >= 0.6 is 0 Å². The zero-order chi connectivity index (χ0) is 23.1. The van der Waals surface area contributed by atoms with Crippen molar-refractivity contribution in [2.45, 2.75) is 38.9 Å². The lowest BCUT2D eigenvalue weighted by Gasteiger charge is -2.37. The number of morpholine rings is 1. The fourth-order valence-corrected chi connectivity index (χ4v) is 5.07. The molecule has 6 nitrogen and oxygen atoms in total. The lowest BCUT2D eigenvalue weighted by molar-refractivity contribution is -0.121. The van der Waals surface area contributed by atoms with Crippen LogP contribution in [0.2, 0.25) is 0 Å². The van der Waals surface area contributed by atoms with E-state index in [2.05, 4.69) is 4.90 Å². The normalized spacial score (nSPS) is 23.8. The molecule has 0 aromatic heterocycles. The highest BCUT2D eigenvalue weighted by molar-refractivity contribution is 6.45. The van der Waals surface area contributed by atoms with Crippen LogP contribution in [-0.2, 0) is 14.3 Å². The van der Waals surface area contributed by atoms with E-state index in [1.54, 1.807) is 12.1 Å². The molecule has 3 aliphatic heterocycles. The molecule has 2 aromatic carbocycles. The average molecular weight is 450 g/mol. The molecule has 0 saturated carbocycles. The summed E-state index contributed by atoms with van der Waals surface area (Å²) >= 11 is 0. The van der Waals surface area contributed by atoms with E-state index in [9.17, 15) is 14.0 Å². The van der Waals surface area contributed by atoms with Crippen molar-refractivity contribution < 1.29 is 18.7 Å². The summed E-state index contributed by atoms with van der Waals surface area (Å²) in [6.45, 7) is 6.97. The van der Waals surface area contributed by atoms with Crippen LogP contribution in [0.25, 0.3) is 5.57 Å². The second-order valence-corrected chi connectivity index (χ2v) is 9.05. The number of anilines is 2. The maximum absolute atomic E-state index is 13.7. The van der Waals surface area contributed by atoms with Gasteiger partial charge in [0.25, 0.3) is 11.8 Å². The molecule has 3 aliphatic rings. The first kappa shape index (κ1) is 21.6. The highest BCUT2D eigenvalue weighted by atomic mass is 19.1. The van der Waals surface area contributed by atoms with Crippen LogP contribution in [0.4, 0.5) is 15.8 Å². The molecule has 33 heavy (non-hydrogen) atoms. The van der Waals surface area contributed by atoms with Crippen molar-refractivity contribution in [2.75, 3.05) is 36.0 Å². The number of nitrogens with zero attached hydrogens (tertiary/aromatic N) is 3. The number of hydrogen-bond acceptors (Lipinski definition) is 5. The van der Waals surface area contributed by atoms with E-state index >= 15 is 0 Å². The van der Waals surface area contributed by atoms with Gasteiger partial charge in [-0.25, -0.2) is 9.29 Å². The minimum absolute atomic E-state index is 0.0765. The maximum Gasteiger partial charge on any atom is 0.282 e. The Labute approximate surface area is 193 Å². The quantitative estimate of drug-likeness (QED) is 0.665. The molecular formula is C26H28FN3O3. The van der Waals surface area contributed by atoms with Gasteiger partial charge in [-0.15, -0.1) is 0 Å². The van der Waals surface area contributed by atoms with Gasteiger partial charge >= 0.3 is 0 Å². The smallest absolute Gasteiger partial charge is 0.282 e. The molecule has 2 fully saturated rings. The van der Waals surface area contributed by atoms with Crippen LogP contribution in [0.1, 0.15) is 32.3 Å². The van der Waals surface area contributed by atoms with Gasteiger partial charge in [-0.3, -0.25) is 9.59 Å². The van der Waals surface area contributed by atoms with Crippen LogP contribution in [0.5, 0.6) is 0 Å². The predicted molar refractivity (Wildman–Crippen MR) is 125 cm³/mol. The fourth-order valence-electron chi connectivity index (χ4n) is 5.07. The van der Waals surface area contributed by atoms with Gasteiger partial charge in [-0.1, -0.05) is 12.1 Å². The first-order chi connectivity index (χ1) is 15.9. The SMILES string of the molecule is CC1CN(C2=C(c3ccc(F)cc3)C(=O)N(c3ccc(N4CCCC4)cc3)C2=O)CC(C)O1. The van der Waals surface area contributed by atoms with E-state index in [4.69, 9.17) is 4.74 Å². The Kier molecular flexibility index (Phi) is 5.66. The molecule has 0 N–H and O–H groups in total. The lowest BCUT2D eigenvalue weighted by Crippen LogP contribution is -2.47. The van der Waals surface area contributed by atoms with Gasteiger partial charge in [0.2, 0.25) is 0 Å². The third-order valence-electron chi connectivity index (χ3n) is 6.51. The van der Waals surface area contributed by atoms with Gasteiger partial charge in [0.1, 0.15) is 11.5 Å². The van der Waals surface area contributed by atoms with Crippen LogP contribution in [0, 0.1) is 5.82 Å². The molecule has 2 aromatic rings. The third kappa shape index (κ3) is 4.02. The van der Waals surface area contributed by atoms with Crippen molar-refractivity contribution in [2.24, 2.45) is 0 Å². The van der Waals surface area contributed by atoms with Crippen LogP contribution in [0.3, 0.4) is 0 Å². The lowest BCUT2D eigenvalue weighted by atomic mass is 10.0. The average Bonchev–Trinajstić information content (AvgIpc) is 3.41. The summed E-state index contributed by atoms with van der Waals surface area (Å²) in [4.78, 5) is 32.8. The number of imide groups is 1. The van der Waals surface area contributed by atoms with Crippen LogP contribution in [-0.4, -0.2) is 55.1 Å². The Bertz CT molecular complexity index is 1080. The van der Waals surface area contributed by atoms with Crippen molar-refractivity contribution in [1.29, 1.82) is 0 Å². The maximum atomic E-state index is 13.7. The predicted octanol–water partition coefficient (Wildman–Crippen LogP) is 3.82. The third-order valence-corrected chi connectivity index (χ3v) is 6.51. The Morgan fingerprint density at radius 2 is 1.36 bits per heavy atom. The largest absolute Gasteiger partial charge is 0.372 e. The van der Waals surface area contributed by atoms with Gasteiger partial charge < -0.3 is 14.5 Å². The van der Waals surface area contributed by atoms with E-state index in [0.29, 0.717) is 35.6 Å². The fraction of sp³-hybridized carbons (Fsp3) is 0.385. The summed E-state index contributed by atoms with van der Waals surface area (Å²) in [5.74, 6) is -1.13. The van der Waals surface area contributed by atoms with E-state index in [1.165, 1.54) is 29.9 Å². The molecule has 0 bridgehead atoms. The number of halogens is 1. The number of hydrogen-bond donors (Lipinski definition) is 0. The van der Waals surface area contributed by atoms with Crippen molar-refractivity contribution in [1.82, 2.24) is 4.90 Å². The van der Waals surface area contributed by atoms with Crippen LogP contribution < -0.4 is 9.80 Å². The summed E-state index contributed by atoms with van der Waals surface area (Å²) in [5, 5.41) is 0. The van der Waals surface area contributed by atoms with Gasteiger partial charge in [0.05, 0.1) is 23.5 Å². The summed E-state index contributed by atoms with van der Waals surface area (Å²) in [5.41, 5.74) is 2.84. The van der Waals surface area contributed by atoms with E-state index in [1.807, 2.05) is 43.0 Å². The number of carbonyl (C=O) groups excluding carboxylic acids is 2. The molecule has 0 aliphatic carbocycles. The molecule has 5 rings (SSSR count). The summed E-state index contributed by atoms with van der Waals surface area (Å²) in [6.07, 6.45) is 2.20. The molecular weight excluding hydrogens is 421 g/mol. The minimum atomic E-state index is -0.388. The number of rotatable bonds is 4. The van der Waals surface area contributed by atoms with Crippen molar-refractivity contribution in [3.8, 4) is 0 Å². The molecule has 2 unspecified atom stereocenters. The molecule has 0 radical (unpaired) electrons. The van der Waals surface area contributed by atoms with Crippen molar-refractivity contribution >= 4 is 28.8 Å². The topological polar surface area (TPSA) is 53.1 Å². The minimum Gasteiger partial charge on any atom is -0.372 e. The van der Waals surface area contributed by atoms with Gasteiger partial charge in [-0.2, -0.15) is 0 Å². The summed E-state index contributed by atoms with van der Waals surface area (Å²) in [7, 11) is 0.